The SMILES string of the molecule is Nc1cc(F)cc(F)c1NC(=O)C1CCCCO1. The van der Waals surface area contributed by atoms with Crippen LogP contribution in [0.25, 0.3) is 0 Å². The van der Waals surface area contributed by atoms with Gasteiger partial charge in [-0.3, -0.25) is 4.79 Å². The van der Waals surface area contributed by atoms with Crippen LogP contribution in [0.1, 0.15) is 19.3 Å². The lowest BCUT2D eigenvalue weighted by atomic mass is 10.1. The largest absolute Gasteiger partial charge is 0.397 e. The Morgan fingerprint density at radius 3 is 2.78 bits per heavy atom. The minimum atomic E-state index is -0.892. The zero-order valence-corrected chi connectivity index (χ0v) is 9.71. The average molecular weight is 256 g/mol. The number of hydrogen-bond acceptors (Lipinski definition) is 3. The Hall–Kier alpha value is -1.69. The van der Waals surface area contributed by atoms with Gasteiger partial charge in [0.25, 0.3) is 5.91 Å². The van der Waals surface area contributed by atoms with Gasteiger partial charge in [-0.05, 0) is 25.3 Å². The van der Waals surface area contributed by atoms with Gasteiger partial charge in [-0.1, -0.05) is 0 Å². The van der Waals surface area contributed by atoms with E-state index in [-0.39, 0.29) is 11.4 Å². The molecule has 98 valence electrons. The molecule has 0 radical (unpaired) electrons. The second kappa shape index (κ2) is 5.30. The predicted octanol–water partition coefficient (Wildman–Crippen LogP) is 2.05. The van der Waals surface area contributed by atoms with Crippen molar-refractivity contribution in [1.29, 1.82) is 0 Å². The number of rotatable bonds is 2. The molecule has 1 aliphatic rings. The number of nitrogens with one attached hydrogen (secondary N) is 1. The molecule has 1 atom stereocenters. The summed E-state index contributed by atoms with van der Waals surface area (Å²) in [5.41, 5.74) is 5.12. The normalized spacial score (nSPS) is 19.6. The lowest BCUT2D eigenvalue weighted by Crippen LogP contribution is -2.33. The van der Waals surface area contributed by atoms with E-state index in [0.29, 0.717) is 19.1 Å². The molecule has 18 heavy (non-hydrogen) atoms. The molecule has 1 heterocycles. The average Bonchev–Trinajstić information content (AvgIpc) is 2.34. The number of ether oxygens (including phenoxy) is 1. The van der Waals surface area contributed by atoms with Crippen molar-refractivity contribution in [3.05, 3.63) is 23.8 Å². The zero-order chi connectivity index (χ0) is 13.1. The summed E-state index contributed by atoms with van der Waals surface area (Å²) in [6, 6.07) is 1.63. The summed E-state index contributed by atoms with van der Waals surface area (Å²) in [7, 11) is 0. The van der Waals surface area contributed by atoms with Crippen molar-refractivity contribution in [2.75, 3.05) is 17.7 Å². The summed E-state index contributed by atoms with van der Waals surface area (Å²) >= 11 is 0. The number of anilines is 2. The number of nitrogens with two attached hydrogens (primary N) is 1. The molecule has 0 saturated carbocycles. The van der Waals surface area contributed by atoms with Crippen LogP contribution >= 0.6 is 0 Å². The van der Waals surface area contributed by atoms with Crippen molar-refractivity contribution in [2.24, 2.45) is 0 Å². The molecule has 1 unspecified atom stereocenters. The molecule has 1 fully saturated rings. The van der Waals surface area contributed by atoms with E-state index in [1.807, 2.05) is 0 Å². The quantitative estimate of drug-likeness (QED) is 0.796. The van der Waals surface area contributed by atoms with Crippen LogP contribution in [0.3, 0.4) is 0 Å². The van der Waals surface area contributed by atoms with Crippen LogP contribution < -0.4 is 11.1 Å². The Balaban J connectivity index is 2.11. The Bertz CT molecular complexity index is 436. The highest BCUT2D eigenvalue weighted by Crippen LogP contribution is 2.25. The van der Waals surface area contributed by atoms with Gasteiger partial charge in [0, 0.05) is 12.7 Å². The first-order chi connectivity index (χ1) is 8.58. The smallest absolute Gasteiger partial charge is 0.253 e. The van der Waals surface area contributed by atoms with Gasteiger partial charge in [0.15, 0.2) is 5.82 Å². The molecule has 1 aliphatic heterocycles. The van der Waals surface area contributed by atoms with Gasteiger partial charge in [0.05, 0.1) is 5.69 Å². The molecular weight excluding hydrogens is 242 g/mol. The minimum Gasteiger partial charge on any atom is -0.397 e. The van der Waals surface area contributed by atoms with Crippen LogP contribution in [0.2, 0.25) is 0 Å². The fraction of sp³-hybridized carbons (Fsp3) is 0.417. The van der Waals surface area contributed by atoms with Gasteiger partial charge in [-0.25, -0.2) is 8.78 Å². The van der Waals surface area contributed by atoms with Gasteiger partial charge in [-0.2, -0.15) is 0 Å². The number of nitrogen functional groups attached to an aromatic ring is 1. The van der Waals surface area contributed by atoms with Crippen LogP contribution in [-0.4, -0.2) is 18.6 Å². The van der Waals surface area contributed by atoms with Crippen molar-refractivity contribution in [3.8, 4) is 0 Å². The third-order valence-corrected chi connectivity index (χ3v) is 2.81. The monoisotopic (exact) mass is 256 g/mol. The van der Waals surface area contributed by atoms with Crippen LogP contribution in [-0.2, 0) is 9.53 Å². The topological polar surface area (TPSA) is 64.3 Å². The summed E-state index contributed by atoms with van der Waals surface area (Å²) in [6.07, 6.45) is 1.80. The minimum absolute atomic E-state index is 0.142. The molecule has 1 saturated heterocycles. The first-order valence-corrected chi connectivity index (χ1v) is 5.75. The van der Waals surface area contributed by atoms with E-state index in [1.165, 1.54) is 0 Å². The fourth-order valence-corrected chi connectivity index (χ4v) is 1.88. The van der Waals surface area contributed by atoms with E-state index in [4.69, 9.17) is 10.5 Å². The van der Waals surface area contributed by atoms with Crippen LogP contribution in [0, 0.1) is 11.6 Å². The highest BCUT2D eigenvalue weighted by atomic mass is 19.1. The van der Waals surface area contributed by atoms with E-state index < -0.39 is 23.6 Å². The van der Waals surface area contributed by atoms with E-state index >= 15 is 0 Å². The number of hydrogen-bond donors (Lipinski definition) is 2. The molecule has 1 aromatic carbocycles. The van der Waals surface area contributed by atoms with Gasteiger partial charge in [0.2, 0.25) is 0 Å². The van der Waals surface area contributed by atoms with Gasteiger partial charge in [-0.15, -0.1) is 0 Å². The van der Waals surface area contributed by atoms with Crippen molar-refractivity contribution < 1.29 is 18.3 Å². The van der Waals surface area contributed by atoms with Crippen LogP contribution in [0.15, 0.2) is 12.1 Å². The first kappa shape index (κ1) is 12.8. The summed E-state index contributed by atoms with van der Waals surface area (Å²) < 4.78 is 31.6. The predicted molar refractivity (Wildman–Crippen MR) is 63.0 cm³/mol. The standard InChI is InChI=1S/C12H14F2N2O2/c13-7-5-8(14)11(9(15)6-7)16-12(17)10-3-1-2-4-18-10/h5-6,10H,1-4,15H2,(H,16,17). The van der Waals surface area contributed by atoms with E-state index in [9.17, 15) is 13.6 Å². The Labute approximate surface area is 103 Å². The molecule has 0 aliphatic carbocycles. The molecule has 3 N–H and O–H groups in total. The third kappa shape index (κ3) is 2.76. The Morgan fingerprint density at radius 2 is 2.17 bits per heavy atom. The first-order valence-electron chi connectivity index (χ1n) is 5.75. The van der Waals surface area contributed by atoms with Crippen molar-refractivity contribution in [2.45, 2.75) is 25.4 Å². The highest BCUT2D eigenvalue weighted by Gasteiger charge is 2.23. The fourth-order valence-electron chi connectivity index (χ4n) is 1.88. The molecular formula is C12H14F2N2O2. The molecule has 1 aromatic rings. The summed E-state index contributed by atoms with van der Waals surface area (Å²) in [6.45, 7) is 0.513. The summed E-state index contributed by atoms with van der Waals surface area (Å²) in [5.74, 6) is -2.12. The summed E-state index contributed by atoms with van der Waals surface area (Å²) in [4.78, 5) is 11.8. The number of amides is 1. The number of halogens is 2. The Morgan fingerprint density at radius 1 is 1.39 bits per heavy atom. The van der Waals surface area contributed by atoms with Gasteiger partial charge < -0.3 is 15.8 Å². The maximum Gasteiger partial charge on any atom is 0.253 e. The number of carbonyl (C=O) groups excluding carboxylic acids is 1. The lowest BCUT2D eigenvalue weighted by molar-refractivity contribution is -0.130. The summed E-state index contributed by atoms with van der Waals surface area (Å²) in [5, 5.41) is 2.34. The van der Waals surface area contributed by atoms with Crippen LogP contribution in [0.4, 0.5) is 20.2 Å². The lowest BCUT2D eigenvalue weighted by Gasteiger charge is -2.22. The van der Waals surface area contributed by atoms with Gasteiger partial charge >= 0.3 is 0 Å². The van der Waals surface area contributed by atoms with Crippen LogP contribution in [0.5, 0.6) is 0 Å². The van der Waals surface area contributed by atoms with Crippen molar-refractivity contribution >= 4 is 17.3 Å². The molecule has 1 amide bonds. The zero-order valence-electron chi connectivity index (χ0n) is 9.71. The molecule has 6 heteroatoms. The van der Waals surface area contributed by atoms with E-state index in [1.54, 1.807) is 0 Å². The van der Waals surface area contributed by atoms with E-state index in [2.05, 4.69) is 5.32 Å². The Kier molecular flexibility index (Phi) is 3.76. The maximum absolute atomic E-state index is 13.5. The molecule has 0 bridgehead atoms. The third-order valence-electron chi connectivity index (χ3n) is 2.81. The van der Waals surface area contributed by atoms with Gasteiger partial charge in [0.1, 0.15) is 17.6 Å². The molecule has 2 rings (SSSR count). The molecule has 0 aromatic heterocycles. The second-order valence-corrected chi connectivity index (χ2v) is 4.20. The number of carbonyl (C=O) groups is 1. The number of benzene rings is 1. The molecule has 4 nitrogen and oxygen atoms in total. The van der Waals surface area contributed by atoms with Crippen molar-refractivity contribution in [3.63, 3.8) is 0 Å². The highest BCUT2D eigenvalue weighted by molar-refractivity contribution is 5.96. The van der Waals surface area contributed by atoms with E-state index in [0.717, 1.165) is 18.9 Å². The maximum atomic E-state index is 13.5. The van der Waals surface area contributed by atoms with Crippen molar-refractivity contribution in [1.82, 2.24) is 0 Å². The second-order valence-electron chi connectivity index (χ2n) is 4.20. The molecule has 0 spiro atoms.